The van der Waals surface area contributed by atoms with Crippen LogP contribution in [0.25, 0.3) is 11.4 Å². The van der Waals surface area contributed by atoms with Crippen LogP contribution in [0.4, 0.5) is 5.00 Å². The molecule has 0 N–H and O–H groups in total. The molecule has 4 rings (SSSR count). The zero-order valence-electron chi connectivity index (χ0n) is 10.6. The fraction of sp³-hybridized carbons (Fsp3) is 0.500. The summed E-state index contributed by atoms with van der Waals surface area (Å²) in [5.41, 5.74) is 2.43. The molecule has 19 heavy (non-hydrogen) atoms. The van der Waals surface area contributed by atoms with E-state index < -0.39 is 0 Å². The summed E-state index contributed by atoms with van der Waals surface area (Å²) in [6.45, 7) is 0.217. The molecule has 2 aliphatic rings. The number of thiophene rings is 1. The van der Waals surface area contributed by atoms with Crippen LogP contribution in [-0.4, -0.2) is 33.2 Å². The molecular weight excluding hydrogens is 262 g/mol. The molecule has 0 spiro atoms. The van der Waals surface area contributed by atoms with E-state index in [-0.39, 0.29) is 12.5 Å². The van der Waals surface area contributed by atoms with Gasteiger partial charge in [-0.15, -0.1) is 16.4 Å². The quantitative estimate of drug-likeness (QED) is 0.726. The molecule has 2 aromatic heterocycles. The van der Waals surface area contributed by atoms with Crippen LogP contribution in [0.5, 0.6) is 0 Å². The summed E-state index contributed by atoms with van der Waals surface area (Å²) < 4.78 is 1.62. The number of fused-ring (bicyclic) bond motifs is 5. The predicted octanol–water partition coefficient (Wildman–Crippen LogP) is 1.26. The van der Waals surface area contributed by atoms with E-state index in [0.29, 0.717) is 0 Å². The van der Waals surface area contributed by atoms with Crippen LogP contribution in [0, 0.1) is 0 Å². The summed E-state index contributed by atoms with van der Waals surface area (Å²) in [5.74, 6) is 0.776. The smallest absolute Gasteiger partial charge is 0.249 e. The maximum atomic E-state index is 12.2. The van der Waals surface area contributed by atoms with Crippen molar-refractivity contribution in [1.82, 2.24) is 20.2 Å². The van der Waals surface area contributed by atoms with E-state index in [9.17, 15) is 4.79 Å². The van der Waals surface area contributed by atoms with Crippen molar-refractivity contribution in [2.45, 2.75) is 32.2 Å². The van der Waals surface area contributed by atoms with Gasteiger partial charge in [0.25, 0.3) is 0 Å². The molecule has 98 valence electrons. The maximum absolute atomic E-state index is 12.2. The fourth-order valence-corrected chi connectivity index (χ4v) is 4.22. The number of aromatic nitrogens is 4. The molecule has 1 aliphatic carbocycles. The summed E-state index contributed by atoms with van der Waals surface area (Å²) in [4.78, 5) is 15.3. The first-order chi connectivity index (χ1) is 9.25. The van der Waals surface area contributed by atoms with Gasteiger partial charge in [-0.3, -0.25) is 4.79 Å². The van der Waals surface area contributed by atoms with E-state index in [1.165, 1.54) is 23.3 Å². The van der Waals surface area contributed by atoms with Crippen molar-refractivity contribution in [2.24, 2.45) is 0 Å². The Morgan fingerprint density at radius 3 is 3.00 bits per heavy atom. The van der Waals surface area contributed by atoms with E-state index in [1.54, 1.807) is 20.9 Å². The lowest BCUT2D eigenvalue weighted by Gasteiger charge is -2.13. The first-order valence-electron chi connectivity index (χ1n) is 6.43. The molecule has 0 fully saturated rings. The molecule has 6 nitrogen and oxygen atoms in total. The number of hydrogen-bond acceptors (Lipinski definition) is 5. The zero-order valence-corrected chi connectivity index (χ0v) is 11.4. The highest BCUT2D eigenvalue weighted by Crippen LogP contribution is 2.45. The molecule has 0 radical (unpaired) electrons. The highest BCUT2D eigenvalue weighted by molar-refractivity contribution is 7.17. The van der Waals surface area contributed by atoms with Crippen molar-refractivity contribution in [3.05, 3.63) is 10.4 Å². The second-order valence-corrected chi connectivity index (χ2v) is 6.09. The number of rotatable bonds is 0. The number of nitrogens with zero attached hydrogens (tertiary/aromatic N) is 5. The summed E-state index contributed by atoms with van der Waals surface area (Å²) >= 11 is 1.73. The SMILES string of the molecule is CN1C(=O)Cn2nnnc2-c2c1sc1c2CCCC1. The Bertz CT molecular complexity index is 674. The summed E-state index contributed by atoms with van der Waals surface area (Å²) in [7, 11) is 1.84. The molecule has 1 aliphatic heterocycles. The number of carbonyl (C=O) groups is 1. The number of anilines is 1. The monoisotopic (exact) mass is 275 g/mol. The van der Waals surface area contributed by atoms with Crippen LogP contribution in [0.1, 0.15) is 23.3 Å². The maximum Gasteiger partial charge on any atom is 0.249 e. The first-order valence-corrected chi connectivity index (χ1v) is 7.25. The van der Waals surface area contributed by atoms with Gasteiger partial charge in [0.15, 0.2) is 5.82 Å². The highest BCUT2D eigenvalue weighted by Gasteiger charge is 2.32. The van der Waals surface area contributed by atoms with Crippen molar-refractivity contribution in [1.29, 1.82) is 0 Å². The Balaban J connectivity index is 2.03. The Kier molecular flexibility index (Phi) is 2.26. The molecule has 0 bridgehead atoms. The van der Waals surface area contributed by atoms with E-state index in [4.69, 9.17) is 0 Å². The largest absolute Gasteiger partial charge is 0.305 e. The zero-order chi connectivity index (χ0) is 13.0. The summed E-state index contributed by atoms with van der Waals surface area (Å²) in [6.07, 6.45) is 4.61. The Labute approximate surface area is 114 Å². The van der Waals surface area contributed by atoms with Crippen molar-refractivity contribution in [3.63, 3.8) is 0 Å². The third-order valence-electron chi connectivity index (χ3n) is 3.87. The number of hydrogen-bond donors (Lipinski definition) is 0. The van der Waals surface area contributed by atoms with E-state index in [0.717, 1.165) is 29.2 Å². The van der Waals surface area contributed by atoms with Crippen molar-refractivity contribution in [3.8, 4) is 11.4 Å². The normalized spacial score (nSPS) is 17.7. The average molecular weight is 275 g/mol. The Morgan fingerprint density at radius 2 is 2.11 bits per heavy atom. The predicted molar refractivity (Wildman–Crippen MR) is 71.2 cm³/mol. The highest BCUT2D eigenvalue weighted by atomic mass is 32.1. The molecule has 0 unspecified atom stereocenters. The molecular formula is C12H13N5OS. The number of likely N-dealkylation sites (N-methyl/N-ethyl adjacent to an activating group) is 1. The molecule has 0 aromatic carbocycles. The summed E-state index contributed by atoms with van der Waals surface area (Å²) in [6, 6.07) is 0. The molecule has 0 saturated carbocycles. The van der Waals surface area contributed by atoms with E-state index in [1.807, 2.05) is 7.05 Å². The van der Waals surface area contributed by atoms with Crippen LogP contribution in [0.2, 0.25) is 0 Å². The molecule has 7 heteroatoms. The van der Waals surface area contributed by atoms with Gasteiger partial charge in [-0.25, -0.2) is 4.68 Å². The first kappa shape index (κ1) is 11.1. The number of aryl methyl sites for hydroxylation is 1. The number of carbonyl (C=O) groups excluding carboxylic acids is 1. The average Bonchev–Trinajstić information content (AvgIpc) is 2.98. The Hall–Kier alpha value is -1.76. The molecule has 0 atom stereocenters. The fourth-order valence-electron chi connectivity index (χ4n) is 2.86. The van der Waals surface area contributed by atoms with Gasteiger partial charge in [0, 0.05) is 11.9 Å². The van der Waals surface area contributed by atoms with Gasteiger partial charge >= 0.3 is 0 Å². The molecule has 3 heterocycles. The van der Waals surface area contributed by atoms with Gasteiger partial charge in [0.1, 0.15) is 11.5 Å². The van der Waals surface area contributed by atoms with Crippen molar-refractivity contribution in [2.75, 3.05) is 11.9 Å². The lowest BCUT2D eigenvalue weighted by molar-refractivity contribution is -0.118. The molecule has 2 aromatic rings. The van der Waals surface area contributed by atoms with Gasteiger partial charge in [-0.05, 0) is 41.7 Å². The minimum Gasteiger partial charge on any atom is -0.305 e. The Morgan fingerprint density at radius 1 is 1.26 bits per heavy atom. The van der Waals surface area contributed by atoms with Gasteiger partial charge in [0.05, 0.1) is 5.56 Å². The number of tetrazole rings is 1. The van der Waals surface area contributed by atoms with Crippen LogP contribution in [0.3, 0.4) is 0 Å². The van der Waals surface area contributed by atoms with Crippen molar-refractivity contribution < 1.29 is 4.79 Å². The van der Waals surface area contributed by atoms with Gasteiger partial charge in [0.2, 0.25) is 5.91 Å². The van der Waals surface area contributed by atoms with Crippen molar-refractivity contribution >= 4 is 22.2 Å². The third kappa shape index (κ3) is 1.48. The van der Waals surface area contributed by atoms with Crippen LogP contribution in [-0.2, 0) is 24.2 Å². The topological polar surface area (TPSA) is 63.9 Å². The number of amides is 1. The standard InChI is InChI=1S/C12H13N5OS/c1-16-9(18)6-17-11(13-14-15-17)10-7-4-2-3-5-8(7)19-12(10)16/h2-6H2,1H3. The lowest BCUT2D eigenvalue weighted by atomic mass is 9.95. The van der Waals surface area contributed by atoms with Crippen LogP contribution < -0.4 is 4.90 Å². The second-order valence-electron chi connectivity index (χ2n) is 5.00. The van der Waals surface area contributed by atoms with Gasteiger partial charge in [-0.1, -0.05) is 0 Å². The van der Waals surface area contributed by atoms with Crippen LogP contribution >= 0.6 is 11.3 Å². The minimum atomic E-state index is 0.0332. The van der Waals surface area contributed by atoms with E-state index >= 15 is 0 Å². The molecule has 1 amide bonds. The van der Waals surface area contributed by atoms with Gasteiger partial charge < -0.3 is 4.90 Å². The van der Waals surface area contributed by atoms with E-state index in [2.05, 4.69) is 15.5 Å². The lowest BCUT2D eigenvalue weighted by Crippen LogP contribution is -2.28. The summed E-state index contributed by atoms with van der Waals surface area (Å²) in [5, 5.41) is 12.8. The third-order valence-corrected chi connectivity index (χ3v) is 5.24. The second kappa shape index (κ2) is 3.86. The van der Waals surface area contributed by atoms with Crippen LogP contribution in [0.15, 0.2) is 0 Å². The minimum absolute atomic E-state index is 0.0332. The van der Waals surface area contributed by atoms with Gasteiger partial charge in [-0.2, -0.15) is 0 Å². The molecule has 0 saturated heterocycles.